The molecule has 0 aromatic heterocycles. The third-order valence-electron chi connectivity index (χ3n) is 4.74. The predicted octanol–water partition coefficient (Wildman–Crippen LogP) is 5.37. The van der Waals surface area contributed by atoms with Crippen LogP contribution in [0.4, 0.5) is 18.0 Å². The van der Waals surface area contributed by atoms with Gasteiger partial charge in [-0.15, -0.1) is 0 Å². The summed E-state index contributed by atoms with van der Waals surface area (Å²) in [5.41, 5.74) is 0.0509. The standard InChI is InChI=1S/C25H28F3NO6/c1-24(2,3)35-23(33)34-18-12-11-17(10-7-13-25(26,27)28)19(14-18)20(22(31)32)21(30)29-15-16-8-5-4-6-9-16/h4-6,8-9,11-12,14,20H,7,10,13,15H2,1-3H3,(H,29,30)(H,31,32). The van der Waals surface area contributed by atoms with Gasteiger partial charge >= 0.3 is 18.3 Å². The van der Waals surface area contributed by atoms with Crippen molar-refractivity contribution >= 4 is 18.0 Å². The summed E-state index contributed by atoms with van der Waals surface area (Å²) in [5.74, 6) is -4.19. The van der Waals surface area contributed by atoms with E-state index in [-0.39, 0.29) is 36.3 Å². The Morgan fingerprint density at radius 3 is 2.26 bits per heavy atom. The van der Waals surface area contributed by atoms with Crippen molar-refractivity contribution in [2.75, 3.05) is 0 Å². The summed E-state index contributed by atoms with van der Waals surface area (Å²) < 4.78 is 48.1. The van der Waals surface area contributed by atoms with E-state index in [0.717, 1.165) is 5.56 Å². The fourth-order valence-electron chi connectivity index (χ4n) is 3.25. The topological polar surface area (TPSA) is 102 Å². The van der Waals surface area contributed by atoms with Gasteiger partial charge < -0.3 is 19.9 Å². The highest BCUT2D eigenvalue weighted by molar-refractivity contribution is 6.03. The molecular weight excluding hydrogens is 467 g/mol. The molecule has 0 spiro atoms. The van der Waals surface area contributed by atoms with Crippen molar-refractivity contribution < 1.29 is 42.1 Å². The monoisotopic (exact) mass is 495 g/mol. The van der Waals surface area contributed by atoms with Crippen LogP contribution in [0.1, 0.15) is 56.2 Å². The minimum absolute atomic E-state index is 0.0565. The lowest BCUT2D eigenvalue weighted by Gasteiger charge is -2.20. The first-order valence-corrected chi connectivity index (χ1v) is 10.9. The molecule has 0 aliphatic carbocycles. The lowest BCUT2D eigenvalue weighted by atomic mass is 9.90. The Labute approximate surface area is 201 Å². The van der Waals surface area contributed by atoms with Crippen molar-refractivity contribution in [1.82, 2.24) is 5.32 Å². The van der Waals surface area contributed by atoms with E-state index >= 15 is 0 Å². The van der Waals surface area contributed by atoms with Gasteiger partial charge in [0.05, 0.1) is 0 Å². The van der Waals surface area contributed by atoms with Crippen molar-refractivity contribution in [1.29, 1.82) is 0 Å². The SMILES string of the molecule is CC(C)(C)OC(=O)Oc1ccc(CCCC(F)(F)F)c(C(C(=O)O)C(=O)NCc2ccccc2)c1. The van der Waals surface area contributed by atoms with Crippen LogP contribution >= 0.6 is 0 Å². The number of rotatable bonds is 9. The van der Waals surface area contributed by atoms with E-state index in [9.17, 15) is 32.7 Å². The molecule has 0 fully saturated rings. The molecule has 2 aromatic carbocycles. The maximum absolute atomic E-state index is 12.9. The van der Waals surface area contributed by atoms with Gasteiger partial charge in [-0.1, -0.05) is 36.4 Å². The quantitative estimate of drug-likeness (QED) is 0.276. The van der Waals surface area contributed by atoms with Crippen molar-refractivity contribution in [2.45, 2.75) is 64.3 Å². The van der Waals surface area contributed by atoms with Crippen LogP contribution in [-0.2, 0) is 27.3 Å². The van der Waals surface area contributed by atoms with Gasteiger partial charge in [0, 0.05) is 13.0 Å². The number of hydrogen-bond donors (Lipinski definition) is 2. The molecule has 7 nitrogen and oxygen atoms in total. The summed E-state index contributed by atoms with van der Waals surface area (Å²) in [6.45, 7) is 4.93. The molecule has 1 unspecified atom stereocenters. The van der Waals surface area contributed by atoms with Crippen molar-refractivity contribution in [2.24, 2.45) is 0 Å². The number of nitrogens with one attached hydrogen (secondary N) is 1. The number of benzene rings is 2. The second-order valence-electron chi connectivity index (χ2n) is 8.87. The molecule has 0 saturated heterocycles. The number of carbonyl (C=O) groups excluding carboxylic acids is 2. The van der Waals surface area contributed by atoms with Crippen LogP contribution in [0, 0.1) is 0 Å². The molecule has 1 atom stereocenters. The highest BCUT2D eigenvalue weighted by Gasteiger charge is 2.32. The van der Waals surface area contributed by atoms with E-state index in [2.05, 4.69) is 5.32 Å². The number of carboxylic acid groups (broad SMARTS) is 1. The summed E-state index contributed by atoms with van der Waals surface area (Å²) in [6.07, 6.45) is -6.92. The Hall–Kier alpha value is -3.56. The fourth-order valence-corrected chi connectivity index (χ4v) is 3.25. The number of carboxylic acids is 1. The molecule has 0 radical (unpaired) electrons. The van der Waals surface area contributed by atoms with Crippen LogP contribution in [0.2, 0.25) is 0 Å². The highest BCUT2D eigenvalue weighted by Crippen LogP contribution is 2.30. The van der Waals surface area contributed by atoms with Crippen LogP contribution in [0.5, 0.6) is 5.75 Å². The first-order chi connectivity index (χ1) is 16.2. The number of halogens is 3. The first kappa shape index (κ1) is 27.7. The molecule has 2 aromatic rings. The number of carbonyl (C=O) groups is 3. The summed E-state index contributed by atoms with van der Waals surface area (Å²) in [5, 5.41) is 12.4. The van der Waals surface area contributed by atoms with Gasteiger partial charge in [-0.2, -0.15) is 13.2 Å². The highest BCUT2D eigenvalue weighted by atomic mass is 19.4. The van der Waals surface area contributed by atoms with E-state index in [0.29, 0.717) is 0 Å². The third kappa shape index (κ3) is 9.68. The molecule has 0 aliphatic rings. The zero-order valence-electron chi connectivity index (χ0n) is 19.6. The van der Waals surface area contributed by atoms with E-state index in [4.69, 9.17) is 9.47 Å². The summed E-state index contributed by atoms with van der Waals surface area (Å²) in [6, 6.07) is 12.6. The van der Waals surface area contributed by atoms with Crippen molar-refractivity contribution in [3.05, 3.63) is 65.2 Å². The van der Waals surface area contributed by atoms with Crippen LogP contribution in [0.25, 0.3) is 0 Å². The Morgan fingerprint density at radius 2 is 1.69 bits per heavy atom. The van der Waals surface area contributed by atoms with Crippen LogP contribution < -0.4 is 10.1 Å². The molecule has 10 heteroatoms. The smallest absolute Gasteiger partial charge is 0.480 e. The summed E-state index contributed by atoms with van der Waals surface area (Å²) >= 11 is 0. The molecule has 0 bridgehead atoms. The van der Waals surface area contributed by atoms with Gasteiger partial charge in [-0.3, -0.25) is 9.59 Å². The lowest BCUT2D eigenvalue weighted by Crippen LogP contribution is -2.34. The van der Waals surface area contributed by atoms with E-state index < -0.39 is 42.1 Å². The van der Waals surface area contributed by atoms with Gasteiger partial charge in [0.25, 0.3) is 0 Å². The van der Waals surface area contributed by atoms with Gasteiger partial charge in [0.1, 0.15) is 11.4 Å². The zero-order chi connectivity index (χ0) is 26.2. The maximum Gasteiger partial charge on any atom is 0.514 e. The first-order valence-electron chi connectivity index (χ1n) is 10.9. The molecule has 1 amide bonds. The zero-order valence-corrected chi connectivity index (χ0v) is 19.6. The average molecular weight is 495 g/mol. The maximum atomic E-state index is 12.9. The van der Waals surface area contributed by atoms with Crippen molar-refractivity contribution in [3.8, 4) is 5.75 Å². The Kier molecular flexibility index (Phi) is 9.27. The molecule has 0 heterocycles. The minimum Gasteiger partial charge on any atom is -0.480 e. The molecule has 35 heavy (non-hydrogen) atoms. The molecule has 190 valence electrons. The molecule has 2 rings (SSSR count). The Morgan fingerprint density at radius 1 is 1.03 bits per heavy atom. The fraction of sp³-hybridized carbons (Fsp3) is 0.400. The van der Waals surface area contributed by atoms with E-state index in [1.807, 2.05) is 0 Å². The third-order valence-corrected chi connectivity index (χ3v) is 4.74. The molecule has 2 N–H and O–H groups in total. The number of amides is 1. The number of aryl methyl sites for hydroxylation is 1. The number of aliphatic carboxylic acids is 1. The number of ether oxygens (including phenoxy) is 2. The lowest BCUT2D eigenvalue weighted by molar-refractivity contribution is -0.143. The van der Waals surface area contributed by atoms with Crippen molar-refractivity contribution in [3.63, 3.8) is 0 Å². The van der Waals surface area contributed by atoms with Gasteiger partial charge in [-0.05, 0) is 62.4 Å². The summed E-state index contributed by atoms with van der Waals surface area (Å²) in [7, 11) is 0. The average Bonchev–Trinajstić information content (AvgIpc) is 2.72. The normalized spacial score (nSPS) is 12.5. The van der Waals surface area contributed by atoms with Gasteiger partial charge in [0.2, 0.25) is 5.91 Å². The number of alkyl halides is 3. The van der Waals surface area contributed by atoms with Crippen LogP contribution in [0.3, 0.4) is 0 Å². The molecule has 0 saturated carbocycles. The largest absolute Gasteiger partial charge is 0.514 e. The van der Waals surface area contributed by atoms with Gasteiger partial charge in [-0.25, -0.2) is 4.79 Å². The Bertz CT molecular complexity index is 1030. The minimum atomic E-state index is -4.38. The van der Waals surface area contributed by atoms with E-state index in [1.54, 1.807) is 51.1 Å². The number of hydrogen-bond acceptors (Lipinski definition) is 5. The van der Waals surface area contributed by atoms with E-state index in [1.165, 1.54) is 18.2 Å². The Balaban J connectivity index is 2.33. The summed E-state index contributed by atoms with van der Waals surface area (Å²) in [4.78, 5) is 37.0. The second kappa shape index (κ2) is 11.7. The van der Waals surface area contributed by atoms with Crippen LogP contribution in [-0.4, -0.2) is 34.9 Å². The molecular formula is C25H28F3NO6. The predicted molar refractivity (Wildman–Crippen MR) is 121 cm³/mol. The second-order valence-corrected chi connectivity index (χ2v) is 8.87. The van der Waals surface area contributed by atoms with Gasteiger partial charge in [0.15, 0.2) is 5.92 Å². The molecule has 0 aliphatic heterocycles. The van der Waals surface area contributed by atoms with Crippen LogP contribution in [0.15, 0.2) is 48.5 Å².